The molecular formula is C20H22N4NiS2. The summed E-state index contributed by atoms with van der Waals surface area (Å²) in [6, 6.07) is 19.8. The van der Waals surface area contributed by atoms with Gasteiger partial charge in [-0.3, -0.25) is 0 Å². The fourth-order valence-corrected chi connectivity index (χ4v) is 1.85. The van der Waals surface area contributed by atoms with Gasteiger partial charge in [0.2, 0.25) is 0 Å². The van der Waals surface area contributed by atoms with E-state index in [1.165, 1.54) is 0 Å². The molecule has 0 spiro atoms. The Labute approximate surface area is 182 Å². The molecule has 2 aromatic rings. The van der Waals surface area contributed by atoms with Crippen molar-refractivity contribution in [2.75, 3.05) is 0 Å². The molecular weight excluding hydrogens is 419 g/mol. The van der Waals surface area contributed by atoms with Crippen LogP contribution in [0.15, 0.2) is 81.1 Å². The summed E-state index contributed by atoms with van der Waals surface area (Å²) in [5.74, 6) is 0. The van der Waals surface area contributed by atoms with Gasteiger partial charge in [0.25, 0.3) is 0 Å². The van der Waals surface area contributed by atoms with Crippen molar-refractivity contribution in [3.05, 3.63) is 71.8 Å². The van der Waals surface area contributed by atoms with Gasteiger partial charge in [-0.1, -0.05) is 70.8 Å². The maximum atomic E-state index is 4.79. The van der Waals surface area contributed by atoms with Gasteiger partial charge < -0.3 is 25.3 Å². The maximum Gasteiger partial charge on any atom is 2.00 e. The molecule has 0 amide bonds. The number of benzene rings is 2. The molecule has 0 saturated heterocycles. The molecule has 0 aliphatic rings. The van der Waals surface area contributed by atoms with Gasteiger partial charge in [0.1, 0.15) is 0 Å². The van der Waals surface area contributed by atoms with Crippen LogP contribution >= 0.6 is 0 Å². The molecule has 2 rings (SSSR count). The Balaban J connectivity index is 0.000000483. The largest absolute Gasteiger partial charge is 2.00 e. The quantitative estimate of drug-likeness (QED) is 0.226. The minimum Gasteiger partial charge on any atom is -0.763 e. The summed E-state index contributed by atoms with van der Waals surface area (Å²) in [7, 11) is 0. The van der Waals surface area contributed by atoms with E-state index in [9.17, 15) is 0 Å². The minimum atomic E-state index is 0. The number of nitrogens with zero attached hydrogens (tertiary/aromatic N) is 4. The standard InChI is InChI=1S/2C10H12N2S.Ni/c2*1-8(11-12-9(2)13)10-6-4-3-5-7-10;/h2*3-7H,1-2H3,(H,12,13);/q;;+2/p-2. The van der Waals surface area contributed by atoms with Crippen molar-refractivity contribution in [2.24, 2.45) is 20.4 Å². The van der Waals surface area contributed by atoms with Crippen molar-refractivity contribution >= 4 is 46.8 Å². The number of hydrogen-bond acceptors (Lipinski definition) is 6. The van der Waals surface area contributed by atoms with Crippen LogP contribution in [0, 0.1) is 0 Å². The third kappa shape index (κ3) is 11.4. The summed E-state index contributed by atoms with van der Waals surface area (Å²) in [5.41, 5.74) is 3.90. The van der Waals surface area contributed by atoms with Crippen molar-refractivity contribution in [2.45, 2.75) is 27.7 Å². The first-order chi connectivity index (χ1) is 12.4. The van der Waals surface area contributed by atoms with Gasteiger partial charge in [0, 0.05) is 0 Å². The Morgan fingerprint density at radius 3 is 1.11 bits per heavy atom. The minimum absolute atomic E-state index is 0. The van der Waals surface area contributed by atoms with Gasteiger partial charge in [-0.15, -0.1) is 0 Å². The molecule has 0 bridgehead atoms. The molecule has 0 N–H and O–H groups in total. The first-order valence-electron chi connectivity index (χ1n) is 8.02. The average Bonchev–Trinajstić information content (AvgIpc) is 2.66. The van der Waals surface area contributed by atoms with Crippen LogP contribution in [-0.4, -0.2) is 21.5 Å². The molecule has 2 aromatic carbocycles. The summed E-state index contributed by atoms with van der Waals surface area (Å²) < 4.78 is 0. The Morgan fingerprint density at radius 1 is 0.556 bits per heavy atom. The molecule has 144 valence electrons. The second-order valence-corrected chi connectivity index (χ2v) is 6.52. The first-order valence-corrected chi connectivity index (χ1v) is 8.84. The van der Waals surface area contributed by atoms with E-state index in [-0.39, 0.29) is 16.5 Å². The van der Waals surface area contributed by atoms with E-state index >= 15 is 0 Å². The van der Waals surface area contributed by atoms with Crippen LogP contribution in [-0.2, 0) is 41.7 Å². The Bertz CT molecular complexity index is 724. The van der Waals surface area contributed by atoms with Gasteiger partial charge in [-0.05, 0) is 38.8 Å². The van der Waals surface area contributed by atoms with E-state index in [0.717, 1.165) is 22.6 Å². The predicted octanol–water partition coefficient (Wildman–Crippen LogP) is 4.75. The van der Waals surface area contributed by atoms with Gasteiger partial charge in [0.05, 0.1) is 11.4 Å². The molecule has 0 atom stereocenters. The molecule has 0 radical (unpaired) electrons. The molecule has 0 heterocycles. The van der Waals surface area contributed by atoms with Gasteiger partial charge >= 0.3 is 16.5 Å². The average molecular weight is 441 g/mol. The molecule has 0 aromatic heterocycles. The summed E-state index contributed by atoms with van der Waals surface area (Å²) in [6.07, 6.45) is 0. The monoisotopic (exact) mass is 440 g/mol. The Morgan fingerprint density at radius 2 is 0.852 bits per heavy atom. The fourth-order valence-electron chi connectivity index (χ4n) is 1.77. The van der Waals surface area contributed by atoms with E-state index in [1.807, 2.05) is 74.5 Å². The summed E-state index contributed by atoms with van der Waals surface area (Å²) in [4.78, 5) is 0. The van der Waals surface area contributed by atoms with E-state index in [1.54, 1.807) is 13.8 Å². The Kier molecular flexibility index (Phi) is 13.1. The van der Waals surface area contributed by atoms with Gasteiger partial charge in [-0.2, -0.15) is 20.4 Å². The second kappa shape index (κ2) is 14.2. The van der Waals surface area contributed by atoms with E-state index in [2.05, 4.69) is 20.4 Å². The molecule has 0 aliphatic heterocycles. The summed E-state index contributed by atoms with van der Waals surface area (Å²) in [6.45, 7) is 7.32. The zero-order valence-corrected chi connectivity index (χ0v) is 18.3. The molecule has 0 unspecified atom stereocenters. The van der Waals surface area contributed by atoms with Gasteiger partial charge in [-0.25, -0.2) is 0 Å². The number of hydrogen-bond donors (Lipinski definition) is 0. The van der Waals surface area contributed by atoms with Crippen LogP contribution in [0.2, 0.25) is 0 Å². The van der Waals surface area contributed by atoms with Crippen LogP contribution in [0.3, 0.4) is 0 Å². The summed E-state index contributed by atoms with van der Waals surface area (Å²) >= 11 is 9.58. The number of rotatable bonds is 4. The van der Waals surface area contributed by atoms with E-state index < -0.39 is 0 Å². The normalized spacial score (nSPS) is 12.6. The Hall–Kier alpha value is -1.95. The molecule has 7 heteroatoms. The zero-order chi connectivity index (χ0) is 19.4. The molecule has 0 fully saturated rings. The van der Waals surface area contributed by atoms with Crippen LogP contribution in [0.5, 0.6) is 0 Å². The van der Waals surface area contributed by atoms with Crippen LogP contribution in [0.25, 0.3) is 0 Å². The molecule has 27 heavy (non-hydrogen) atoms. The van der Waals surface area contributed by atoms with Gasteiger partial charge in [0.15, 0.2) is 0 Å². The summed E-state index contributed by atoms with van der Waals surface area (Å²) in [5, 5.41) is 16.7. The first kappa shape index (κ1) is 25.1. The SMILES string of the molecule is CC([S-])=NN=C(C)c1ccccc1.CC([S-])=NN=C(C)c1ccccc1.[Ni+2]. The topological polar surface area (TPSA) is 49.4 Å². The molecule has 0 aliphatic carbocycles. The molecule has 4 nitrogen and oxygen atoms in total. The van der Waals surface area contributed by atoms with Crippen molar-refractivity contribution in [1.82, 2.24) is 0 Å². The maximum absolute atomic E-state index is 4.79. The zero-order valence-electron chi connectivity index (χ0n) is 15.7. The van der Waals surface area contributed by atoms with Crippen LogP contribution in [0.4, 0.5) is 0 Å². The van der Waals surface area contributed by atoms with Crippen LogP contribution < -0.4 is 0 Å². The van der Waals surface area contributed by atoms with Crippen molar-refractivity contribution < 1.29 is 16.5 Å². The van der Waals surface area contributed by atoms with Crippen molar-refractivity contribution in [1.29, 1.82) is 0 Å². The van der Waals surface area contributed by atoms with Crippen molar-refractivity contribution in [3.8, 4) is 0 Å². The smallest absolute Gasteiger partial charge is 0.763 e. The third-order valence-corrected chi connectivity index (χ3v) is 3.23. The fraction of sp³-hybridized carbons (Fsp3) is 0.200. The van der Waals surface area contributed by atoms with Crippen molar-refractivity contribution in [3.63, 3.8) is 0 Å². The third-order valence-electron chi connectivity index (χ3n) is 3.06. The molecule has 0 saturated carbocycles. The van der Waals surface area contributed by atoms with E-state index in [4.69, 9.17) is 25.3 Å². The second-order valence-electron chi connectivity index (χ2n) is 5.34. The van der Waals surface area contributed by atoms with E-state index in [0.29, 0.717) is 10.1 Å². The van der Waals surface area contributed by atoms with Crippen LogP contribution in [0.1, 0.15) is 38.8 Å². The predicted molar refractivity (Wildman–Crippen MR) is 118 cm³/mol.